The van der Waals surface area contributed by atoms with Crippen molar-refractivity contribution in [3.63, 3.8) is 0 Å². The molecule has 2 rings (SSSR count). The van der Waals surface area contributed by atoms with Crippen molar-refractivity contribution < 1.29 is 4.79 Å². The summed E-state index contributed by atoms with van der Waals surface area (Å²) in [5.74, 6) is 0.930. The van der Waals surface area contributed by atoms with E-state index in [2.05, 4.69) is 0 Å². The van der Waals surface area contributed by atoms with Crippen molar-refractivity contribution in [2.24, 2.45) is 11.7 Å². The number of nitrogens with two attached hydrogens (primary N) is 1. The van der Waals surface area contributed by atoms with Crippen molar-refractivity contribution in [1.82, 2.24) is 4.90 Å². The topological polar surface area (TPSA) is 46.3 Å². The van der Waals surface area contributed by atoms with E-state index < -0.39 is 0 Å². The molecular formula is C12H22N2O. The maximum atomic E-state index is 11.8. The number of hydrogen-bond donors (Lipinski definition) is 1. The number of carbonyl (C=O) groups excluding carboxylic acids is 1. The highest BCUT2D eigenvalue weighted by Crippen LogP contribution is 2.25. The van der Waals surface area contributed by atoms with Crippen LogP contribution in [0, 0.1) is 5.92 Å². The van der Waals surface area contributed by atoms with Gasteiger partial charge in [0.2, 0.25) is 5.91 Å². The summed E-state index contributed by atoms with van der Waals surface area (Å²) in [4.78, 5) is 13.8. The number of rotatable bonds is 2. The fraction of sp³-hybridized carbons (Fsp3) is 0.917. The third-order valence-corrected chi connectivity index (χ3v) is 3.78. The highest BCUT2D eigenvalue weighted by Gasteiger charge is 2.27. The van der Waals surface area contributed by atoms with Gasteiger partial charge in [0, 0.05) is 13.1 Å². The van der Waals surface area contributed by atoms with Gasteiger partial charge in [0.25, 0.3) is 0 Å². The van der Waals surface area contributed by atoms with Crippen LogP contribution in [0.1, 0.15) is 44.9 Å². The number of likely N-dealkylation sites (tertiary alicyclic amines) is 1. The lowest BCUT2D eigenvalue weighted by Gasteiger charge is -2.34. The van der Waals surface area contributed by atoms with E-state index >= 15 is 0 Å². The van der Waals surface area contributed by atoms with Crippen molar-refractivity contribution in [3.05, 3.63) is 0 Å². The summed E-state index contributed by atoms with van der Waals surface area (Å²) in [7, 11) is 0. The van der Waals surface area contributed by atoms with Gasteiger partial charge in [-0.1, -0.05) is 19.3 Å². The molecule has 1 aliphatic carbocycles. The van der Waals surface area contributed by atoms with Gasteiger partial charge in [-0.3, -0.25) is 4.79 Å². The molecule has 1 atom stereocenters. The van der Waals surface area contributed by atoms with Gasteiger partial charge in [0.05, 0.1) is 6.04 Å². The average molecular weight is 210 g/mol. The Balaban J connectivity index is 1.84. The average Bonchev–Trinajstić information content (AvgIpc) is 2.26. The Morgan fingerprint density at radius 2 is 1.87 bits per heavy atom. The predicted octanol–water partition coefficient (Wildman–Crippen LogP) is 1.52. The zero-order valence-electron chi connectivity index (χ0n) is 9.45. The van der Waals surface area contributed by atoms with Crippen LogP contribution in [0.15, 0.2) is 0 Å². The first kappa shape index (κ1) is 10.9. The van der Waals surface area contributed by atoms with Crippen molar-refractivity contribution >= 4 is 5.91 Å². The Bertz CT molecular complexity index is 224. The summed E-state index contributed by atoms with van der Waals surface area (Å²) in [6.07, 6.45) is 8.64. The van der Waals surface area contributed by atoms with E-state index in [1.54, 1.807) is 0 Å². The minimum absolute atomic E-state index is 0.187. The largest absolute Gasteiger partial charge is 0.341 e. The lowest BCUT2D eigenvalue weighted by molar-refractivity contribution is -0.135. The van der Waals surface area contributed by atoms with Crippen LogP contribution in [-0.2, 0) is 4.79 Å². The van der Waals surface area contributed by atoms with Crippen LogP contribution in [0.25, 0.3) is 0 Å². The maximum Gasteiger partial charge on any atom is 0.239 e. The number of piperidine rings is 1. The molecule has 2 N–H and O–H groups in total. The van der Waals surface area contributed by atoms with Crippen LogP contribution >= 0.6 is 0 Å². The van der Waals surface area contributed by atoms with Gasteiger partial charge in [0.1, 0.15) is 0 Å². The molecule has 1 amide bonds. The number of carbonyl (C=O) groups is 1. The zero-order chi connectivity index (χ0) is 10.7. The van der Waals surface area contributed by atoms with Crippen molar-refractivity contribution in [2.45, 2.75) is 51.0 Å². The number of nitrogens with zero attached hydrogens (tertiary/aromatic N) is 1. The van der Waals surface area contributed by atoms with Crippen LogP contribution in [0.3, 0.4) is 0 Å². The molecule has 0 radical (unpaired) electrons. The summed E-state index contributed by atoms with van der Waals surface area (Å²) in [5, 5.41) is 0. The highest BCUT2D eigenvalue weighted by molar-refractivity contribution is 5.82. The minimum Gasteiger partial charge on any atom is -0.341 e. The minimum atomic E-state index is -0.220. The molecule has 86 valence electrons. The number of amides is 1. The Labute approximate surface area is 92.0 Å². The monoisotopic (exact) mass is 210 g/mol. The molecule has 3 heteroatoms. The summed E-state index contributed by atoms with van der Waals surface area (Å²) >= 11 is 0. The van der Waals surface area contributed by atoms with E-state index in [0.29, 0.717) is 0 Å². The fourth-order valence-electron chi connectivity index (χ4n) is 2.83. The molecule has 1 heterocycles. The normalized spacial score (nSPS) is 29.5. The summed E-state index contributed by atoms with van der Waals surface area (Å²) in [6, 6.07) is -0.220. The zero-order valence-corrected chi connectivity index (χ0v) is 9.45. The Hall–Kier alpha value is -0.570. The first-order chi connectivity index (χ1) is 7.27. The Kier molecular flexibility index (Phi) is 3.62. The van der Waals surface area contributed by atoms with E-state index in [-0.39, 0.29) is 11.9 Å². The third kappa shape index (κ3) is 2.71. The molecule has 0 spiro atoms. The molecule has 1 unspecified atom stereocenters. The van der Waals surface area contributed by atoms with Crippen LogP contribution in [0.2, 0.25) is 0 Å². The SMILES string of the molecule is NC1CCCN(CC2CCCCC2)C1=O. The lowest BCUT2D eigenvalue weighted by atomic mass is 9.88. The van der Waals surface area contributed by atoms with Crippen LogP contribution < -0.4 is 5.73 Å². The second-order valence-corrected chi connectivity index (χ2v) is 5.04. The highest BCUT2D eigenvalue weighted by atomic mass is 16.2. The molecule has 0 aromatic carbocycles. The number of hydrogen-bond acceptors (Lipinski definition) is 2. The molecule has 0 aromatic rings. The molecule has 0 bridgehead atoms. The van der Waals surface area contributed by atoms with Gasteiger partial charge in [-0.25, -0.2) is 0 Å². The van der Waals surface area contributed by atoms with Gasteiger partial charge < -0.3 is 10.6 Å². The Morgan fingerprint density at radius 1 is 1.13 bits per heavy atom. The van der Waals surface area contributed by atoms with Crippen LogP contribution in [0.4, 0.5) is 0 Å². The van der Waals surface area contributed by atoms with E-state index in [0.717, 1.165) is 31.8 Å². The lowest BCUT2D eigenvalue weighted by Crippen LogP contribution is -2.49. The van der Waals surface area contributed by atoms with Gasteiger partial charge in [-0.15, -0.1) is 0 Å². The van der Waals surface area contributed by atoms with E-state index in [4.69, 9.17) is 5.73 Å². The standard InChI is InChI=1S/C12H22N2O/c13-11-7-4-8-14(12(11)15)9-10-5-2-1-3-6-10/h10-11H,1-9,13H2. The molecule has 2 aliphatic rings. The molecule has 15 heavy (non-hydrogen) atoms. The Morgan fingerprint density at radius 3 is 2.60 bits per heavy atom. The van der Waals surface area contributed by atoms with Crippen molar-refractivity contribution in [3.8, 4) is 0 Å². The van der Waals surface area contributed by atoms with Crippen molar-refractivity contribution in [1.29, 1.82) is 0 Å². The van der Waals surface area contributed by atoms with Gasteiger partial charge in [-0.2, -0.15) is 0 Å². The third-order valence-electron chi connectivity index (χ3n) is 3.78. The van der Waals surface area contributed by atoms with Crippen molar-refractivity contribution in [2.75, 3.05) is 13.1 Å². The van der Waals surface area contributed by atoms with E-state index in [9.17, 15) is 4.79 Å². The van der Waals surface area contributed by atoms with E-state index in [1.165, 1.54) is 32.1 Å². The van der Waals surface area contributed by atoms with Crippen LogP contribution in [-0.4, -0.2) is 29.9 Å². The summed E-state index contributed by atoms with van der Waals surface area (Å²) < 4.78 is 0. The summed E-state index contributed by atoms with van der Waals surface area (Å²) in [5.41, 5.74) is 5.78. The van der Waals surface area contributed by atoms with Crippen LogP contribution in [0.5, 0.6) is 0 Å². The first-order valence-electron chi connectivity index (χ1n) is 6.32. The van der Waals surface area contributed by atoms with E-state index in [1.807, 2.05) is 4.90 Å². The van der Waals surface area contributed by atoms with Gasteiger partial charge in [0.15, 0.2) is 0 Å². The molecule has 2 fully saturated rings. The van der Waals surface area contributed by atoms with Gasteiger partial charge in [-0.05, 0) is 31.6 Å². The second kappa shape index (κ2) is 4.97. The predicted molar refractivity (Wildman–Crippen MR) is 60.4 cm³/mol. The second-order valence-electron chi connectivity index (χ2n) is 5.04. The quantitative estimate of drug-likeness (QED) is 0.751. The fourth-order valence-corrected chi connectivity index (χ4v) is 2.83. The summed E-state index contributed by atoms with van der Waals surface area (Å²) in [6.45, 7) is 1.90. The molecule has 1 saturated carbocycles. The first-order valence-corrected chi connectivity index (χ1v) is 6.32. The molecule has 1 aliphatic heterocycles. The maximum absolute atomic E-state index is 11.8. The molecule has 1 saturated heterocycles. The molecule has 3 nitrogen and oxygen atoms in total. The smallest absolute Gasteiger partial charge is 0.239 e. The molecular weight excluding hydrogens is 188 g/mol. The van der Waals surface area contributed by atoms with Gasteiger partial charge >= 0.3 is 0 Å². The molecule has 0 aromatic heterocycles.